The minimum atomic E-state index is -1.73. The van der Waals surface area contributed by atoms with Crippen molar-refractivity contribution in [3.8, 4) is 22.8 Å². The molecule has 0 atom stereocenters. The number of fused-ring (bicyclic) bond motifs is 1. The second-order valence-corrected chi connectivity index (χ2v) is 10.6. The Hall–Kier alpha value is -4.25. The van der Waals surface area contributed by atoms with Crippen LogP contribution in [-0.2, 0) is 4.79 Å². The van der Waals surface area contributed by atoms with Crippen molar-refractivity contribution in [2.75, 3.05) is 52.8 Å². The van der Waals surface area contributed by atoms with E-state index in [0.29, 0.717) is 24.6 Å². The topological polar surface area (TPSA) is 97.6 Å². The van der Waals surface area contributed by atoms with Crippen molar-refractivity contribution in [3.05, 3.63) is 55.0 Å². The number of piperidine rings is 1. The van der Waals surface area contributed by atoms with E-state index in [2.05, 4.69) is 15.4 Å². The van der Waals surface area contributed by atoms with E-state index in [1.165, 1.54) is 0 Å². The molecule has 0 spiro atoms. The summed E-state index contributed by atoms with van der Waals surface area (Å²) in [5.74, 6) is 1.00. The Morgan fingerprint density at radius 2 is 1.73 bits per heavy atom. The molecule has 2 aliphatic rings. The van der Waals surface area contributed by atoms with E-state index in [4.69, 9.17) is 14.5 Å². The molecule has 0 radical (unpaired) electrons. The number of methoxy groups -OCH3 is 2. The Bertz CT molecular complexity index is 1520. The van der Waals surface area contributed by atoms with Gasteiger partial charge in [0.25, 0.3) is 5.91 Å². The molecular formula is C29H32FN7O3. The van der Waals surface area contributed by atoms with Crippen LogP contribution in [0.25, 0.3) is 22.3 Å². The molecule has 0 saturated carbocycles. The number of anilines is 2. The highest BCUT2D eigenvalue weighted by Gasteiger charge is 2.50. The second-order valence-electron chi connectivity index (χ2n) is 10.6. The van der Waals surface area contributed by atoms with Gasteiger partial charge in [0, 0.05) is 67.5 Å². The maximum atomic E-state index is 14.8. The van der Waals surface area contributed by atoms with Crippen molar-refractivity contribution in [3.63, 3.8) is 0 Å². The lowest BCUT2D eigenvalue weighted by atomic mass is 9.93. The SMILES string of the molecule is COc1cc(Nc2ccc3ncc(-c4cnn(C5CCN(C(=O)C6(F)CN(C)C6)CC5)c4)nc3c2)cc(OC)c1. The molecule has 2 fully saturated rings. The van der Waals surface area contributed by atoms with Gasteiger partial charge in [0.05, 0.1) is 49.4 Å². The molecule has 2 aromatic carbocycles. The molecule has 4 aromatic rings. The zero-order valence-electron chi connectivity index (χ0n) is 22.8. The summed E-state index contributed by atoms with van der Waals surface area (Å²) in [6.45, 7) is 1.40. The molecule has 6 rings (SSSR count). The van der Waals surface area contributed by atoms with E-state index in [0.717, 1.165) is 46.5 Å². The molecule has 40 heavy (non-hydrogen) atoms. The first kappa shape index (κ1) is 26.0. The quantitative estimate of drug-likeness (QED) is 0.371. The number of nitrogens with zero attached hydrogens (tertiary/aromatic N) is 6. The van der Waals surface area contributed by atoms with E-state index < -0.39 is 5.67 Å². The highest BCUT2D eigenvalue weighted by molar-refractivity contribution is 5.87. The lowest BCUT2D eigenvalue weighted by Crippen LogP contribution is -2.65. The fraction of sp³-hybridized carbons (Fsp3) is 0.379. The first-order valence-electron chi connectivity index (χ1n) is 13.3. The van der Waals surface area contributed by atoms with Crippen LogP contribution in [0.15, 0.2) is 55.0 Å². The van der Waals surface area contributed by atoms with Gasteiger partial charge < -0.3 is 19.7 Å². The highest BCUT2D eigenvalue weighted by atomic mass is 19.1. The van der Waals surface area contributed by atoms with E-state index in [-0.39, 0.29) is 25.0 Å². The van der Waals surface area contributed by atoms with Gasteiger partial charge >= 0.3 is 0 Å². The summed E-state index contributed by atoms with van der Waals surface area (Å²) < 4.78 is 27.4. The number of halogens is 1. The minimum absolute atomic E-state index is 0.140. The lowest BCUT2D eigenvalue weighted by Gasteiger charge is -2.44. The summed E-state index contributed by atoms with van der Waals surface area (Å²) in [5.41, 5.74) is 3.07. The smallest absolute Gasteiger partial charge is 0.262 e. The van der Waals surface area contributed by atoms with E-state index in [9.17, 15) is 9.18 Å². The van der Waals surface area contributed by atoms with Crippen LogP contribution in [0.1, 0.15) is 18.9 Å². The Kier molecular flexibility index (Phi) is 6.75. The maximum Gasteiger partial charge on any atom is 0.262 e. The van der Waals surface area contributed by atoms with Crippen molar-refractivity contribution >= 4 is 28.3 Å². The molecule has 2 aliphatic heterocycles. The Labute approximate surface area is 231 Å². The molecular weight excluding hydrogens is 513 g/mol. The van der Waals surface area contributed by atoms with Crippen LogP contribution < -0.4 is 14.8 Å². The molecule has 4 heterocycles. The van der Waals surface area contributed by atoms with Gasteiger partial charge in [-0.05, 0) is 38.1 Å². The first-order chi connectivity index (χ1) is 19.3. The summed E-state index contributed by atoms with van der Waals surface area (Å²) in [6, 6.07) is 11.6. The van der Waals surface area contributed by atoms with Gasteiger partial charge in [0.2, 0.25) is 5.67 Å². The Morgan fingerprint density at radius 3 is 2.40 bits per heavy atom. The summed E-state index contributed by atoms with van der Waals surface area (Å²) in [6.07, 6.45) is 6.97. The molecule has 10 nitrogen and oxygen atoms in total. The average molecular weight is 546 g/mol. The predicted octanol–water partition coefficient (Wildman–Crippen LogP) is 4.07. The molecule has 1 amide bonds. The van der Waals surface area contributed by atoms with Crippen LogP contribution in [0.5, 0.6) is 11.5 Å². The van der Waals surface area contributed by atoms with Crippen molar-refractivity contribution in [1.82, 2.24) is 29.5 Å². The molecule has 0 aliphatic carbocycles. The van der Waals surface area contributed by atoms with E-state index >= 15 is 0 Å². The number of carbonyl (C=O) groups excluding carboxylic acids is 1. The monoisotopic (exact) mass is 545 g/mol. The Balaban J connectivity index is 1.15. The van der Waals surface area contributed by atoms with Crippen LogP contribution in [0.3, 0.4) is 0 Å². The van der Waals surface area contributed by atoms with Gasteiger partial charge in [-0.15, -0.1) is 0 Å². The molecule has 1 N–H and O–H groups in total. The van der Waals surface area contributed by atoms with Crippen LogP contribution in [0.2, 0.25) is 0 Å². The molecule has 2 saturated heterocycles. The number of nitrogens with one attached hydrogen (secondary N) is 1. The van der Waals surface area contributed by atoms with Crippen molar-refractivity contribution in [2.24, 2.45) is 0 Å². The first-order valence-corrected chi connectivity index (χ1v) is 13.3. The van der Waals surface area contributed by atoms with Crippen LogP contribution in [-0.4, -0.2) is 88.6 Å². The van der Waals surface area contributed by atoms with Crippen molar-refractivity contribution in [1.29, 1.82) is 0 Å². The lowest BCUT2D eigenvalue weighted by molar-refractivity contribution is -0.156. The number of aromatic nitrogens is 4. The average Bonchev–Trinajstić information content (AvgIpc) is 3.46. The summed E-state index contributed by atoms with van der Waals surface area (Å²) in [7, 11) is 5.06. The zero-order chi connectivity index (χ0) is 27.9. The number of hydrogen-bond donors (Lipinski definition) is 1. The van der Waals surface area contributed by atoms with Crippen LogP contribution in [0, 0.1) is 0 Å². The molecule has 11 heteroatoms. The second kappa shape index (κ2) is 10.4. The third kappa shape index (κ3) is 5.04. The van der Waals surface area contributed by atoms with Gasteiger partial charge in [-0.2, -0.15) is 5.10 Å². The normalized spacial score (nSPS) is 17.4. The number of rotatable bonds is 7. The minimum Gasteiger partial charge on any atom is -0.497 e. The standard InChI is InChI=1S/C29H32FN7O3/c1-35-17-29(30,18-35)28(38)36-8-6-22(7-9-36)37-16-19(14-32-37)27-15-31-25-5-4-20(12-26(25)34-27)33-21-10-23(39-2)13-24(11-21)40-3/h4-5,10-16,22,33H,6-9,17-18H2,1-3H3. The number of hydrogen-bond acceptors (Lipinski definition) is 8. The summed E-state index contributed by atoms with van der Waals surface area (Å²) in [5, 5.41) is 7.97. The largest absolute Gasteiger partial charge is 0.497 e. The molecule has 0 unspecified atom stereocenters. The number of benzene rings is 2. The predicted molar refractivity (Wildman–Crippen MR) is 150 cm³/mol. The van der Waals surface area contributed by atoms with Crippen molar-refractivity contribution in [2.45, 2.75) is 24.6 Å². The van der Waals surface area contributed by atoms with E-state index in [1.54, 1.807) is 31.5 Å². The summed E-state index contributed by atoms with van der Waals surface area (Å²) >= 11 is 0. The number of amides is 1. The number of carbonyl (C=O) groups is 1. The van der Waals surface area contributed by atoms with Gasteiger partial charge in [0.1, 0.15) is 11.5 Å². The van der Waals surface area contributed by atoms with Crippen LogP contribution in [0.4, 0.5) is 15.8 Å². The number of likely N-dealkylation sites (tertiary alicyclic amines) is 2. The van der Waals surface area contributed by atoms with E-state index in [1.807, 2.05) is 59.2 Å². The summed E-state index contributed by atoms with van der Waals surface area (Å²) in [4.78, 5) is 25.6. The zero-order valence-corrected chi connectivity index (χ0v) is 22.8. The maximum absolute atomic E-state index is 14.8. The number of ether oxygens (including phenoxy) is 2. The fourth-order valence-electron chi connectivity index (χ4n) is 5.51. The highest BCUT2D eigenvalue weighted by Crippen LogP contribution is 2.32. The van der Waals surface area contributed by atoms with Crippen molar-refractivity contribution < 1.29 is 18.7 Å². The van der Waals surface area contributed by atoms with Gasteiger partial charge in [-0.1, -0.05) is 0 Å². The third-order valence-electron chi connectivity index (χ3n) is 7.63. The molecule has 2 aromatic heterocycles. The fourth-order valence-corrected chi connectivity index (χ4v) is 5.51. The van der Waals surface area contributed by atoms with Gasteiger partial charge in [0.15, 0.2) is 0 Å². The number of alkyl halides is 1. The Morgan fingerprint density at radius 1 is 1.00 bits per heavy atom. The molecule has 0 bridgehead atoms. The van der Waals surface area contributed by atoms with Gasteiger partial charge in [-0.25, -0.2) is 9.37 Å². The third-order valence-corrected chi connectivity index (χ3v) is 7.63. The van der Waals surface area contributed by atoms with Crippen LogP contribution >= 0.6 is 0 Å². The van der Waals surface area contributed by atoms with Gasteiger partial charge in [-0.3, -0.25) is 19.4 Å². The molecule has 208 valence electrons.